The van der Waals surface area contributed by atoms with Gasteiger partial charge in [-0.2, -0.15) is 0 Å². The summed E-state index contributed by atoms with van der Waals surface area (Å²) in [4.78, 5) is 6.27. The molecule has 1 heterocycles. The SMILES string of the molecule is CCC(C)(N)c1nc2c(s1)C(C)CC(C)C2. The van der Waals surface area contributed by atoms with Gasteiger partial charge in [0.1, 0.15) is 5.01 Å². The van der Waals surface area contributed by atoms with Crippen LogP contribution in [-0.4, -0.2) is 4.98 Å². The van der Waals surface area contributed by atoms with Crippen LogP contribution < -0.4 is 5.73 Å². The number of nitrogens with zero attached hydrogens (tertiary/aromatic N) is 1. The summed E-state index contributed by atoms with van der Waals surface area (Å²) in [5, 5.41) is 1.13. The lowest BCUT2D eigenvalue weighted by Gasteiger charge is -2.22. The molecule has 0 fully saturated rings. The number of aromatic nitrogens is 1. The molecule has 0 saturated heterocycles. The van der Waals surface area contributed by atoms with E-state index in [2.05, 4.69) is 27.7 Å². The Morgan fingerprint density at radius 3 is 2.81 bits per heavy atom. The minimum atomic E-state index is -0.245. The predicted molar refractivity (Wildman–Crippen MR) is 69.8 cm³/mol. The van der Waals surface area contributed by atoms with Gasteiger partial charge in [0.05, 0.1) is 11.2 Å². The summed E-state index contributed by atoms with van der Waals surface area (Å²) in [5.41, 5.74) is 7.35. The summed E-state index contributed by atoms with van der Waals surface area (Å²) in [6.45, 7) is 8.86. The van der Waals surface area contributed by atoms with Crippen molar-refractivity contribution in [2.24, 2.45) is 11.7 Å². The van der Waals surface area contributed by atoms with Gasteiger partial charge in [-0.25, -0.2) is 4.98 Å². The van der Waals surface area contributed by atoms with Gasteiger partial charge in [-0.15, -0.1) is 11.3 Å². The zero-order chi connectivity index (χ0) is 11.9. The number of rotatable bonds is 2. The Bertz CT molecular complexity index is 381. The van der Waals surface area contributed by atoms with Crippen molar-refractivity contribution in [3.63, 3.8) is 0 Å². The summed E-state index contributed by atoms with van der Waals surface area (Å²) < 4.78 is 0. The lowest BCUT2D eigenvalue weighted by atomic mass is 9.85. The average molecular weight is 238 g/mol. The van der Waals surface area contributed by atoms with Crippen LogP contribution in [0, 0.1) is 5.92 Å². The fourth-order valence-corrected chi connectivity index (χ4v) is 3.70. The molecule has 1 aliphatic carbocycles. The molecule has 2 rings (SSSR count). The van der Waals surface area contributed by atoms with Crippen LogP contribution in [0.4, 0.5) is 0 Å². The molecule has 3 atom stereocenters. The Labute approximate surface area is 102 Å². The van der Waals surface area contributed by atoms with E-state index in [1.807, 2.05) is 11.3 Å². The van der Waals surface area contributed by atoms with Crippen LogP contribution in [-0.2, 0) is 12.0 Å². The molecule has 0 aromatic carbocycles. The van der Waals surface area contributed by atoms with Gasteiger partial charge < -0.3 is 5.73 Å². The highest BCUT2D eigenvalue weighted by molar-refractivity contribution is 7.12. The first-order valence-corrected chi connectivity index (χ1v) is 7.04. The maximum absolute atomic E-state index is 6.28. The molecule has 0 bridgehead atoms. The van der Waals surface area contributed by atoms with Crippen molar-refractivity contribution < 1.29 is 0 Å². The van der Waals surface area contributed by atoms with E-state index in [0.29, 0.717) is 5.92 Å². The van der Waals surface area contributed by atoms with Crippen LogP contribution in [0.15, 0.2) is 0 Å². The molecule has 3 unspecified atom stereocenters. The Kier molecular flexibility index (Phi) is 3.10. The first-order valence-electron chi connectivity index (χ1n) is 6.23. The fraction of sp³-hybridized carbons (Fsp3) is 0.769. The minimum absolute atomic E-state index is 0.245. The van der Waals surface area contributed by atoms with E-state index in [1.165, 1.54) is 17.0 Å². The first-order chi connectivity index (χ1) is 7.44. The monoisotopic (exact) mass is 238 g/mol. The van der Waals surface area contributed by atoms with E-state index in [4.69, 9.17) is 10.7 Å². The highest BCUT2D eigenvalue weighted by Crippen LogP contribution is 2.40. The molecule has 0 radical (unpaired) electrons. The molecule has 16 heavy (non-hydrogen) atoms. The first kappa shape index (κ1) is 12.1. The van der Waals surface area contributed by atoms with Crippen molar-refractivity contribution in [3.8, 4) is 0 Å². The van der Waals surface area contributed by atoms with E-state index < -0.39 is 0 Å². The molecule has 1 aliphatic rings. The average Bonchev–Trinajstić information content (AvgIpc) is 2.62. The van der Waals surface area contributed by atoms with E-state index in [0.717, 1.165) is 23.8 Å². The molecule has 2 nitrogen and oxygen atoms in total. The van der Waals surface area contributed by atoms with Crippen molar-refractivity contribution in [1.29, 1.82) is 0 Å². The molecular formula is C13H22N2S. The van der Waals surface area contributed by atoms with Crippen LogP contribution in [0.3, 0.4) is 0 Å². The van der Waals surface area contributed by atoms with Crippen LogP contribution in [0.1, 0.15) is 62.0 Å². The van der Waals surface area contributed by atoms with Crippen LogP contribution >= 0.6 is 11.3 Å². The van der Waals surface area contributed by atoms with Gasteiger partial charge in [0.2, 0.25) is 0 Å². The van der Waals surface area contributed by atoms with Gasteiger partial charge in [-0.05, 0) is 38.0 Å². The number of thiazole rings is 1. The zero-order valence-electron chi connectivity index (χ0n) is 10.7. The van der Waals surface area contributed by atoms with Gasteiger partial charge in [-0.3, -0.25) is 0 Å². The van der Waals surface area contributed by atoms with Crippen LogP contribution in [0.25, 0.3) is 0 Å². The Morgan fingerprint density at radius 2 is 2.19 bits per heavy atom. The summed E-state index contributed by atoms with van der Waals surface area (Å²) >= 11 is 1.84. The molecule has 0 aliphatic heterocycles. The summed E-state index contributed by atoms with van der Waals surface area (Å²) in [6.07, 6.45) is 3.38. The normalized spacial score (nSPS) is 28.6. The quantitative estimate of drug-likeness (QED) is 0.857. The van der Waals surface area contributed by atoms with E-state index >= 15 is 0 Å². The standard InChI is InChI=1S/C13H22N2S/c1-5-13(4,14)12-15-10-7-8(2)6-9(3)11(10)16-12/h8-9H,5-7,14H2,1-4H3. The second-order valence-corrected chi connectivity index (χ2v) is 6.58. The van der Waals surface area contributed by atoms with Gasteiger partial charge >= 0.3 is 0 Å². The third kappa shape index (κ3) is 2.03. The summed E-state index contributed by atoms with van der Waals surface area (Å²) in [5.74, 6) is 1.43. The molecule has 1 aromatic heterocycles. The van der Waals surface area contributed by atoms with Crippen molar-refractivity contribution >= 4 is 11.3 Å². The number of nitrogens with two attached hydrogens (primary N) is 1. The van der Waals surface area contributed by atoms with Gasteiger partial charge in [0.15, 0.2) is 0 Å². The molecule has 3 heteroatoms. The van der Waals surface area contributed by atoms with Gasteiger partial charge in [-0.1, -0.05) is 20.8 Å². The lowest BCUT2D eigenvalue weighted by molar-refractivity contribution is 0.443. The smallest absolute Gasteiger partial charge is 0.113 e. The minimum Gasteiger partial charge on any atom is -0.320 e. The molecule has 1 aromatic rings. The van der Waals surface area contributed by atoms with E-state index in [-0.39, 0.29) is 5.54 Å². The molecule has 2 N–H and O–H groups in total. The van der Waals surface area contributed by atoms with Crippen molar-refractivity contribution in [2.45, 2.75) is 58.4 Å². The Balaban J connectivity index is 2.37. The maximum Gasteiger partial charge on any atom is 0.113 e. The molecule has 0 amide bonds. The second-order valence-electron chi connectivity index (χ2n) is 5.55. The topological polar surface area (TPSA) is 38.9 Å². The molecule has 90 valence electrons. The highest BCUT2D eigenvalue weighted by atomic mass is 32.1. The Morgan fingerprint density at radius 1 is 1.50 bits per heavy atom. The van der Waals surface area contributed by atoms with E-state index in [1.54, 1.807) is 0 Å². The van der Waals surface area contributed by atoms with E-state index in [9.17, 15) is 0 Å². The third-order valence-electron chi connectivity index (χ3n) is 3.70. The van der Waals surface area contributed by atoms with Crippen molar-refractivity contribution in [3.05, 3.63) is 15.6 Å². The summed E-state index contributed by atoms with van der Waals surface area (Å²) in [7, 11) is 0. The third-order valence-corrected chi connectivity index (χ3v) is 5.30. The van der Waals surface area contributed by atoms with Gasteiger partial charge in [0, 0.05) is 4.88 Å². The fourth-order valence-electron chi connectivity index (χ4n) is 2.41. The summed E-state index contributed by atoms with van der Waals surface area (Å²) in [6, 6.07) is 0. The number of fused-ring (bicyclic) bond motifs is 1. The maximum atomic E-state index is 6.28. The number of hydrogen-bond donors (Lipinski definition) is 1. The van der Waals surface area contributed by atoms with Crippen LogP contribution in [0.5, 0.6) is 0 Å². The van der Waals surface area contributed by atoms with Crippen LogP contribution in [0.2, 0.25) is 0 Å². The zero-order valence-corrected chi connectivity index (χ0v) is 11.5. The predicted octanol–water partition coefficient (Wildman–Crippen LogP) is 3.41. The molecular weight excluding hydrogens is 216 g/mol. The largest absolute Gasteiger partial charge is 0.320 e. The number of hydrogen-bond acceptors (Lipinski definition) is 3. The lowest BCUT2D eigenvalue weighted by Crippen LogP contribution is -2.31. The Hall–Kier alpha value is -0.410. The molecule has 0 spiro atoms. The van der Waals surface area contributed by atoms with Gasteiger partial charge in [0.25, 0.3) is 0 Å². The van der Waals surface area contributed by atoms with Crippen molar-refractivity contribution in [2.75, 3.05) is 0 Å². The van der Waals surface area contributed by atoms with Crippen molar-refractivity contribution in [1.82, 2.24) is 4.98 Å². The second kappa shape index (κ2) is 4.11. The highest BCUT2D eigenvalue weighted by Gasteiger charge is 2.30. The molecule has 0 saturated carbocycles.